The van der Waals surface area contributed by atoms with Gasteiger partial charge in [0.15, 0.2) is 0 Å². The van der Waals surface area contributed by atoms with E-state index in [0.29, 0.717) is 0 Å². The van der Waals surface area contributed by atoms with Crippen molar-refractivity contribution in [2.24, 2.45) is 0 Å². The van der Waals surface area contributed by atoms with Crippen molar-refractivity contribution in [2.45, 2.75) is 18.9 Å². The maximum Gasteiger partial charge on any atom is 0.0968 e. The fraction of sp³-hybridized carbons (Fsp3) is 0.200. The average Bonchev–Trinajstić information content (AvgIpc) is 3.08. The molecule has 0 saturated heterocycles. The Labute approximate surface area is 106 Å². The summed E-state index contributed by atoms with van der Waals surface area (Å²) in [6, 6.07) is 7.94. The first-order valence-electron chi connectivity index (χ1n) is 6.19. The van der Waals surface area contributed by atoms with Gasteiger partial charge in [-0.05, 0) is 60.4 Å². The highest BCUT2D eigenvalue weighted by Gasteiger charge is 2.23. The number of H-pyrrole nitrogens is 2. The van der Waals surface area contributed by atoms with Crippen LogP contribution in [0.3, 0.4) is 0 Å². The second kappa shape index (κ2) is 4.70. The van der Waals surface area contributed by atoms with E-state index in [4.69, 9.17) is 0 Å². The van der Waals surface area contributed by atoms with Gasteiger partial charge in [0.05, 0.1) is 6.10 Å². The molecule has 0 aromatic carbocycles. The molecule has 1 fully saturated rings. The summed E-state index contributed by atoms with van der Waals surface area (Å²) in [5.41, 5.74) is 4.25. The highest BCUT2D eigenvalue weighted by Crippen LogP contribution is 2.32. The Balaban J connectivity index is 1.83. The van der Waals surface area contributed by atoms with Gasteiger partial charge in [0.1, 0.15) is 0 Å². The lowest BCUT2D eigenvalue weighted by Crippen LogP contribution is -2.04. The monoisotopic (exact) mass is 240 g/mol. The van der Waals surface area contributed by atoms with E-state index in [1.165, 1.54) is 0 Å². The molecule has 0 bridgehead atoms. The Kier molecular flexibility index (Phi) is 2.90. The first kappa shape index (κ1) is 11.1. The molecule has 92 valence electrons. The summed E-state index contributed by atoms with van der Waals surface area (Å²) < 4.78 is 0. The number of aliphatic hydroxyl groups is 1. The van der Waals surface area contributed by atoms with Crippen molar-refractivity contribution in [3.05, 3.63) is 59.2 Å². The number of aliphatic hydroxyl groups excluding tert-OH is 1. The summed E-state index contributed by atoms with van der Waals surface area (Å²) >= 11 is 0. The van der Waals surface area contributed by atoms with E-state index >= 15 is 0 Å². The number of nitrogens with one attached hydrogen (secondary N) is 2. The molecule has 0 unspecified atom stereocenters. The Morgan fingerprint density at radius 1 is 0.944 bits per heavy atom. The minimum Gasteiger partial charge on any atom is -0.384 e. The fourth-order valence-electron chi connectivity index (χ4n) is 2.37. The predicted molar refractivity (Wildman–Crippen MR) is 72.8 cm³/mol. The molecule has 1 saturated carbocycles. The molecule has 3 N–H and O–H groups in total. The molecule has 0 aliphatic heterocycles. The second-order valence-electron chi connectivity index (χ2n) is 4.59. The van der Waals surface area contributed by atoms with Crippen molar-refractivity contribution in [2.75, 3.05) is 0 Å². The normalized spacial score (nSPS) is 24.2. The first-order chi connectivity index (χ1) is 8.83. The molecule has 2 heterocycles. The van der Waals surface area contributed by atoms with Crippen molar-refractivity contribution in [1.82, 2.24) is 9.97 Å². The topological polar surface area (TPSA) is 51.8 Å². The maximum absolute atomic E-state index is 10.3. The van der Waals surface area contributed by atoms with Gasteiger partial charge >= 0.3 is 0 Å². The summed E-state index contributed by atoms with van der Waals surface area (Å²) in [6.45, 7) is 0. The molecule has 2 aromatic heterocycles. The van der Waals surface area contributed by atoms with Crippen molar-refractivity contribution in [3.63, 3.8) is 0 Å². The number of aromatic nitrogens is 2. The molecule has 2 aromatic rings. The molecule has 0 spiro atoms. The van der Waals surface area contributed by atoms with Crippen molar-refractivity contribution in [1.29, 1.82) is 0 Å². The lowest BCUT2D eigenvalue weighted by atomic mass is 10.1. The third-order valence-electron chi connectivity index (χ3n) is 3.33. The largest absolute Gasteiger partial charge is 0.384 e. The van der Waals surface area contributed by atoms with Crippen LogP contribution in [0.1, 0.15) is 24.2 Å². The van der Waals surface area contributed by atoms with Crippen LogP contribution in [0.4, 0.5) is 0 Å². The zero-order valence-corrected chi connectivity index (χ0v) is 10.1. The third kappa shape index (κ3) is 2.17. The van der Waals surface area contributed by atoms with Crippen molar-refractivity contribution in [3.8, 4) is 0 Å². The van der Waals surface area contributed by atoms with Gasteiger partial charge in [0.25, 0.3) is 0 Å². The SMILES string of the molecule is OC1C(=Cc2ccc[nH]2)CCC1=Cc1ccc[nH]1. The zero-order valence-electron chi connectivity index (χ0n) is 10.1. The Morgan fingerprint density at radius 3 is 1.83 bits per heavy atom. The van der Waals surface area contributed by atoms with E-state index in [0.717, 1.165) is 35.4 Å². The van der Waals surface area contributed by atoms with E-state index in [-0.39, 0.29) is 0 Å². The van der Waals surface area contributed by atoms with E-state index < -0.39 is 6.10 Å². The van der Waals surface area contributed by atoms with Crippen LogP contribution in [0.2, 0.25) is 0 Å². The lowest BCUT2D eigenvalue weighted by molar-refractivity contribution is 0.257. The number of aromatic amines is 2. The molecule has 0 amide bonds. The number of hydrogen-bond acceptors (Lipinski definition) is 1. The molecule has 3 nitrogen and oxygen atoms in total. The lowest BCUT2D eigenvalue weighted by Gasteiger charge is -2.06. The molecular weight excluding hydrogens is 224 g/mol. The molecule has 3 heteroatoms. The molecule has 18 heavy (non-hydrogen) atoms. The van der Waals surface area contributed by atoms with E-state index in [9.17, 15) is 5.11 Å². The standard InChI is InChI=1S/C15H16N2O/c18-15-11(9-13-3-1-7-16-13)5-6-12(15)10-14-4-2-8-17-14/h1-4,7-10,15-18H,5-6H2. The summed E-state index contributed by atoms with van der Waals surface area (Å²) in [4.78, 5) is 6.26. The summed E-state index contributed by atoms with van der Waals surface area (Å²) in [6.07, 6.45) is 9.27. The van der Waals surface area contributed by atoms with Gasteiger partial charge in [0.2, 0.25) is 0 Å². The molecule has 1 aliphatic carbocycles. The van der Waals surface area contributed by atoms with Gasteiger partial charge in [-0.2, -0.15) is 0 Å². The Bertz CT molecular complexity index is 509. The van der Waals surface area contributed by atoms with Gasteiger partial charge in [-0.3, -0.25) is 0 Å². The summed E-state index contributed by atoms with van der Waals surface area (Å²) in [7, 11) is 0. The third-order valence-corrected chi connectivity index (χ3v) is 3.33. The average molecular weight is 240 g/mol. The summed E-state index contributed by atoms with van der Waals surface area (Å²) in [5.74, 6) is 0. The van der Waals surface area contributed by atoms with Crippen molar-refractivity contribution < 1.29 is 5.11 Å². The smallest absolute Gasteiger partial charge is 0.0968 e. The van der Waals surface area contributed by atoms with E-state index in [1.807, 2.05) is 48.8 Å². The minimum absolute atomic E-state index is 0.448. The fourth-order valence-corrected chi connectivity index (χ4v) is 2.37. The highest BCUT2D eigenvalue weighted by molar-refractivity contribution is 5.59. The number of rotatable bonds is 2. The van der Waals surface area contributed by atoms with Crippen LogP contribution in [-0.2, 0) is 0 Å². The van der Waals surface area contributed by atoms with Gasteiger partial charge in [-0.25, -0.2) is 0 Å². The molecular formula is C15H16N2O. The minimum atomic E-state index is -0.448. The highest BCUT2D eigenvalue weighted by atomic mass is 16.3. The van der Waals surface area contributed by atoms with Crippen LogP contribution < -0.4 is 0 Å². The van der Waals surface area contributed by atoms with Crippen LogP contribution in [-0.4, -0.2) is 21.2 Å². The first-order valence-corrected chi connectivity index (χ1v) is 6.19. The Hall–Kier alpha value is -2.00. The molecule has 0 atom stereocenters. The second-order valence-corrected chi connectivity index (χ2v) is 4.59. The predicted octanol–water partition coefficient (Wildman–Crippen LogP) is 2.96. The maximum atomic E-state index is 10.3. The molecule has 1 aliphatic rings. The van der Waals surface area contributed by atoms with Crippen LogP contribution in [0.25, 0.3) is 12.2 Å². The van der Waals surface area contributed by atoms with Gasteiger partial charge in [-0.1, -0.05) is 0 Å². The zero-order chi connectivity index (χ0) is 12.4. The molecule has 3 rings (SSSR count). The van der Waals surface area contributed by atoms with Gasteiger partial charge < -0.3 is 15.1 Å². The van der Waals surface area contributed by atoms with Crippen LogP contribution in [0, 0.1) is 0 Å². The summed E-state index contributed by atoms with van der Waals surface area (Å²) in [5, 5.41) is 10.3. The Morgan fingerprint density at radius 2 is 1.44 bits per heavy atom. The quantitative estimate of drug-likeness (QED) is 0.742. The van der Waals surface area contributed by atoms with Gasteiger partial charge in [-0.15, -0.1) is 0 Å². The number of hydrogen-bond donors (Lipinski definition) is 3. The van der Waals surface area contributed by atoms with Crippen LogP contribution in [0.5, 0.6) is 0 Å². The van der Waals surface area contributed by atoms with E-state index in [2.05, 4.69) is 9.97 Å². The van der Waals surface area contributed by atoms with Crippen LogP contribution in [0.15, 0.2) is 47.8 Å². The van der Waals surface area contributed by atoms with Crippen molar-refractivity contribution >= 4 is 12.2 Å². The van der Waals surface area contributed by atoms with Crippen LogP contribution >= 0.6 is 0 Å². The molecule has 0 radical (unpaired) electrons. The van der Waals surface area contributed by atoms with E-state index in [1.54, 1.807) is 0 Å². The van der Waals surface area contributed by atoms with Gasteiger partial charge in [0, 0.05) is 23.8 Å².